The highest BCUT2D eigenvalue weighted by molar-refractivity contribution is 5.92. The summed E-state index contributed by atoms with van der Waals surface area (Å²) < 4.78 is 1.85. The van der Waals surface area contributed by atoms with E-state index in [1.165, 1.54) is 5.69 Å². The van der Waals surface area contributed by atoms with Gasteiger partial charge in [0.05, 0.1) is 5.69 Å². The third kappa shape index (κ3) is 3.35. The van der Waals surface area contributed by atoms with Crippen molar-refractivity contribution in [2.24, 2.45) is 7.05 Å². The maximum Gasteiger partial charge on any atom is 0.246 e. The summed E-state index contributed by atoms with van der Waals surface area (Å²) in [6, 6.07) is 10.4. The highest BCUT2D eigenvalue weighted by Crippen LogP contribution is 2.17. The van der Waals surface area contributed by atoms with Gasteiger partial charge in [0.15, 0.2) is 0 Å². The Morgan fingerprint density at radius 2 is 1.75 bits per heavy atom. The largest absolute Gasteiger partial charge is 0.368 e. The number of piperazine rings is 1. The lowest BCUT2D eigenvalue weighted by molar-refractivity contribution is -0.126. The van der Waals surface area contributed by atoms with E-state index in [1.807, 2.05) is 54.8 Å². The third-order valence-electron chi connectivity index (χ3n) is 4.67. The molecule has 0 N–H and O–H groups in total. The Labute approximate surface area is 143 Å². The first-order valence-electron chi connectivity index (χ1n) is 8.33. The van der Waals surface area contributed by atoms with Crippen molar-refractivity contribution < 1.29 is 4.79 Å². The Morgan fingerprint density at radius 3 is 2.33 bits per heavy atom. The van der Waals surface area contributed by atoms with Crippen molar-refractivity contribution in [3.63, 3.8) is 0 Å². The molecule has 0 unspecified atom stereocenters. The van der Waals surface area contributed by atoms with E-state index >= 15 is 0 Å². The van der Waals surface area contributed by atoms with Gasteiger partial charge in [-0.1, -0.05) is 18.2 Å². The zero-order valence-electron chi connectivity index (χ0n) is 14.6. The van der Waals surface area contributed by atoms with Gasteiger partial charge in [0.2, 0.25) is 5.91 Å². The molecular formula is C19H24N4O. The number of amides is 1. The minimum atomic E-state index is 0.0744. The predicted molar refractivity (Wildman–Crippen MR) is 97.0 cm³/mol. The molecule has 5 nitrogen and oxygen atoms in total. The average Bonchev–Trinajstić information content (AvgIpc) is 2.86. The molecule has 0 bridgehead atoms. The summed E-state index contributed by atoms with van der Waals surface area (Å²) in [6.07, 6.45) is 3.57. The van der Waals surface area contributed by atoms with Crippen LogP contribution in [0.1, 0.15) is 17.0 Å². The standard InChI is InChI=1S/C19H24N4O/c1-15-18(16(2)21(3)20-15)9-10-19(24)23-13-11-22(12-14-23)17-7-5-4-6-8-17/h4-10H,11-14H2,1-3H3/b10-9-. The first kappa shape index (κ1) is 16.3. The van der Waals surface area contributed by atoms with Gasteiger partial charge in [0.1, 0.15) is 0 Å². The van der Waals surface area contributed by atoms with E-state index in [9.17, 15) is 4.79 Å². The van der Waals surface area contributed by atoms with E-state index in [1.54, 1.807) is 6.08 Å². The Balaban J connectivity index is 1.60. The maximum absolute atomic E-state index is 12.4. The van der Waals surface area contributed by atoms with Gasteiger partial charge in [-0.05, 0) is 32.1 Å². The number of aryl methyl sites for hydroxylation is 2. The Bertz CT molecular complexity index is 740. The fourth-order valence-corrected chi connectivity index (χ4v) is 3.12. The number of para-hydroxylation sites is 1. The molecule has 1 aliphatic heterocycles. The van der Waals surface area contributed by atoms with Crippen LogP contribution in [0.4, 0.5) is 5.69 Å². The molecule has 0 aliphatic carbocycles. The lowest BCUT2D eigenvalue weighted by Crippen LogP contribution is -2.48. The molecule has 2 aromatic rings. The number of carbonyl (C=O) groups is 1. The number of hydrogen-bond donors (Lipinski definition) is 0. The molecular weight excluding hydrogens is 300 g/mol. The van der Waals surface area contributed by atoms with Crippen molar-refractivity contribution in [3.8, 4) is 0 Å². The van der Waals surface area contributed by atoms with E-state index in [4.69, 9.17) is 0 Å². The highest BCUT2D eigenvalue weighted by atomic mass is 16.2. The monoisotopic (exact) mass is 324 g/mol. The molecule has 24 heavy (non-hydrogen) atoms. The zero-order valence-corrected chi connectivity index (χ0v) is 14.6. The Morgan fingerprint density at radius 1 is 1.08 bits per heavy atom. The number of aromatic nitrogens is 2. The van der Waals surface area contributed by atoms with Gasteiger partial charge in [-0.25, -0.2) is 0 Å². The number of anilines is 1. The second-order valence-corrected chi connectivity index (χ2v) is 6.19. The van der Waals surface area contributed by atoms with Crippen molar-refractivity contribution in [1.82, 2.24) is 14.7 Å². The van der Waals surface area contributed by atoms with Crippen molar-refractivity contribution in [2.45, 2.75) is 13.8 Å². The molecule has 1 amide bonds. The summed E-state index contributed by atoms with van der Waals surface area (Å²) in [6.45, 7) is 7.23. The first-order chi connectivity index (χ1) is 11.6. The van der Waals surface area contributed by atoms with Crippen LogP contribution in [0.5, 0.6) is 0 Å². The van der Waals surface area contributed by atoms with Gasteiger partial charge in [-0.15, -0.1) is 0 Å². The van der Waals surface area contributed by atoms with E-state index < -0.39 is 0 Å². The number of carbonyl (C=O) groups excluding carboxylic acids is 1. The van der Waals surface area contributed by atoms with Crippen molar-refractivity contribution in [2.75, 3.05) is 31.1 Å². The van der Waals surface area contributed by atoms with Crippen LogP contribution < -0.4 is 4.90 Å². The summed E-state index contributed by atoms with van der Waals surface area (Å²) in [7, 11) is 1.92. The molecule has 1 aliphatic rings. The predicted octanol–water partition coefficient (Wildman–Crippen LogP) is 2.40. The normalized spacial score (nSPS) is 15.3. The minimum Gasteiger partial charge on any atom is -0.368 e. The summed E-state index contributed by atoms with van der Waals surface area (Å²) >= 11 is 0. The zero-order chi connectivity index (χ0) is 17.1. The summed E-state index contributed by atoms with van der Waals surface area (Å²) in [5, 5.41) is 4.38. The van der Waals surface area contributed by atoms with Crippen LogP contribution >= 0.6 is 0 Å². The lowest BCUT2D eigenvalue weighted by Gasteiger charge is -2.35. The number of hydrogen-bond acceptors (Lipinski definition) is 3. The molecule has 1 saturated heterocycles. The van der Waals surface area contributed by atoms with Crippen LogP contribution in [0.25, 0.3) is 6.08 Å². The van der Waals surface area contributed by atoms with E-state index in [0.29, 0.717) is 0 Å². The number of nitrogens with zero attached hydrogens (tertiary/aromatic N) is 4. The summed E-state index contributed by atoms with van der Waals surface area (Å²) in [5.41, 5.74) is 4.29. The Kier molecular flexibility index (Phi) is 4.69. The van der Waals surface area contributed by atoms with Crippen LogP contribution in [0, 0.1) is 13.8 Å². The topological polar surface area (TPSA) is 41.4 Å². The van der Waals surface area contributed by atoms with Crippen LogP contribution in [-0.4, -0.2) is 46.8 Å². The summed E-state index contributed by atoms with van der Waals surface area (Å²) in [4.78, 5) is 16.7. The molecule has 1 aromatic heterocycles. The van der Waals surface area contributed by atoms with Gasteiger partial charge in [0.25, 0.3) is 0 Å². The van der Waals surface area contributed by atoms with Crippen LogP contribution in [0.3, 0.4) is 0 Å². The van der Waals surface area contributed by atoms with Crippen LogP contribution in [-0.2, 0) is 11.8 Å². The molecule has 1 aromatic carbocycles. The second-order valence-electron chi connectivity index (χ2n) is 6.19. The van der Waals surface area contributed by atoms with Crippen molar-refractivity contribution >= 4 is 17.7 Å². The molecule has 126 valence electrons. The van der Waals surface area contributed by atoms with Gasteiger partial charge >= 0.3 is 0 Å². The lowest BCUT2D eigenvalue weighted by atomic mass is 10.2. The smallest absolute Gasteiger partial charge is 0.246 e. The van der Waals surface area contributed by atoms with E-state index in [2.05, 4.69) is 22.1 Å². The fraction of sp³-hybridized carbons (Fsp3) is 0.368. The van der Waals surface area contributed by atoms with Crippen LogP contribution in [0.15, 0.2) is 36.4 Å². The molecule has 5 heteroatoms. The first-order valence-corrected chi connectivity index (χ1v) is 8.33. The Hall–Kier alpha value is -2.56. The highest BCUT2D eigenvalue weighted by Gasteiger charge is 2.19. The second kappa shape index (κ2) is 6.91. The van der Waals surface area contributed by atoms with Gasteiger partial charge in [-0.2, -0.15) is 5.10 Å². The van der Waals surface area contributed by atoms with Crippen LogP contribution in [0.2, 0.25) is 0 Å². The maximum atomic E-state index is 12.4. The minimum absolute atomic E-state index is 0.0744. The van der Waals surface area contributed by atoms with E-state index in [-0.39, 0.29) is 5.91 Å². The van der Waals surface area contributed by atoms with Gasteiger partial charge in [-0.3, -0.25) is 9.48 Å². The average molecular weight is 324 g/mol. The van der Waals surface area contributed by atoms with Crippen molar-refractivity contribution in [3.05, 3.63) is 53.4 Å². The molecule has 0 radical (unpaired) electrons. The third-order valence-corrected chi connectivity index (χ3v) is 4.67. The molecule has 2 heterocycles. The molecule has 0 saturated carbocycles. The molecule has 1 fully saturated rings. The van der Waals surface area contributed by atoms with Gasteiger partial charge in [0, 0.05) is 56.2 Å². The SMILES string of the molecule is Cc1nn(C)c(C)c1/C=C\C(=O)N1CCN(c2ccccc2)CC1. The summed E-state index contributed by atoms with van der Waals surface area (Å²) in [5.74, 6) is 0.0744. The number of benzene rings is 1. The molecule has 3 rings (SSSR count). The fourth-order valence-electron chi connectivity index (χ4n) is 3.12. The van der Waals surface area contributed by atoms with Crippen molar-refractivity contribution in [1.29, 1.82) is 0 Å². The number of rotatable bonds is 3. The molecule has 0 spiro atoms. The molecule has 0 atom stereocenters. The van der Waals surface area contributed by atoms with Gasteiger partial charge < -0.3 is 9.80 Å². The quantitative estimate of drug-likeness (QED) is 0.814. The van der Waals surface area contributed by atoms with E-state index in [0.717, 1.165) is 43.1 Å².